The molecular weight excluding hydrogens is 278 g/mol. The Morgan fingerprint density at radius 2 is 1.95 bits per heavy atom. The molecule has 0 atom stereocenters. The van der Waals surface area contributed by atoms with Gasteiger partial charge in [-0.1, -0.05) is 13.3 Å². The molecule has 0 saturated carbocycles. The van der Waals surface area contributed by atoms with Crippen LogP contribution in [-0.2, 0) is 10.0 Å². The summed E-state index contributed by atoms with van der Waals surface area (Å²) in [6.45, 7) is 3.43. The number of aromatic nitrogens is 1. The van der Waals surface area contributed by atoms with Crippen molar-refractivity contribution in [2.45, 2.75) is 24.7 Å². The van der Waals surface area contributed by atoms with Gasteiger partial charge in [0.25, 0.3) is 0 Å². The average molecular weight is 301 g/mol. The lowest BCUT2D eigenvalue weighted by Gasteiger charge is -2.22. The van der Waals surface area contributed by atoms with Gasteiger partial charge in [0, 0.05) is 33.4 Å². The van der Waals surface area contributed by atoms with Gasteiger partial charge in [0.15, 0.2) is 0 Å². The quantitative estimate of drug-likeness (QED) is 0.773. The average Bonchev–Trinajstić information content (AvgIpc) is 2.43. The summed E-state index contributed by atoms with van der Waals surface area (Å²) in [4.78, 5) is 6.33. The first-order valence-electron chi connectivity index (χ1n) is 6.68. The Kier molecular flexibility index (Phi) is 6.38. The smallest absolute Gasteiger partial charge is 0.244 e. The monoisotopic (exact) mass is 301 g/mol. The van der Waals surface area contributed by atoms with Gasteiger partial charge in [-0.2, -0.15) is 0 Å². The number of nitrogens with zero attached hydrogens (tertiary/aromatic N) is 3. The number of hydrogen-bond donors (Lipinski definition) is 1. The Balaban J connectivity index is 2.93. The van der Waals surface area contributed by atoms with E-state index in [0.29, 0.717) is 12.4 Å². The van der Waals surface area contributed by atoms with Crippen molar-refractivity contribution in [1.82, 2.24) is 9.29 Å². The van der Waals surface area contributed by atoms with Gasteiger partial charge >= 0.3 is 0 Å². The summed E-state index contributed by atoms with van der Waals surface area (Å²) in [6, 6.07) is 3.23. The van der Waals surface area contributed by atoms with Crippen molar-refractivity contribution < 1.29 is 13.5 Å². The summed E-state index contributed by atoms with van der Waals surface area (Å²) in [7, 11) is -0.468. The van der Waals surface area contributed by atoms with Crippen molar-refractivity contribution in [2.75, 3.05) is 38.7 Å². The molecule has 0 aliphatic carbocycles. The van der Waals surface area contributed by atoms with Crippen molar-refractivity contribution >= 4 is 15.8 Å². The number of rotatable bonds is 8. The minimum atomic E-state index is -3.45. The molecule has 1 aromatic heterocycles. The van der Waals surface area contributed by atoms with E-state index in [1.807, 2.05) is 4.90 Å². The van der Waals surface area contributed by atoms with E-state index in [-0.39, 0.29) is 11.5 Å². The predicted molar refractivity (Wildman–Crippen MR) is 79.3 cm³/mol. The molecular formula is C13H23N3O3S. The lowest BCUT2D eigenvalue weighted by atomic mass is 10.3. The minimum absolute atomic E-state index is 0.0448. The van der Waals surface area contributed by atoms with Gasteiger partial charge < -0.3 is 10.0 Å². The Morgan fingerprint density at radius 1 is 1.25 bits per heavy atom. The molecule has 1 aromatic rings. The SMILES string of the molecule is CCCCN(CCO)c1ccc(S(=O)(=O)N(C)C)cn1. The second kappa shape index (κ2) is 7.56. The molecule has 7 heteroatoms. The fourth-order valence-electron chi connectivity index (χ4n) is 1.73. The molecule has 0 aliphatic rings. The van der Waals surface area contributed by atoms with E-state index in [1.165, 1.54) is 20.3 Å². The van der Waals surface area contributed by atoms with Crippen LogP contribution in [0.4, 0.5) is 5.82 Å². The van der Waals surface area contributed by atoms with Crippen LogP contribution in [0.5, 0.6) is 0 Å². The molecule has 1 heterocycles. The van der Waals surface area contributed by atoms with Crippen molar-refractivity contribution in [3.05, 3.63) is 18.3 Å². The molecule has 0 radical (unpaired) electrons. The van der Waals surface area contributed by atoms with Crippen LogP contribution < -0.4 is 4.90 Å². The summed E-state index contributed by atoms with van der Waals surface area (Å²) in [5, 5.41) is 9.08. The minimum Gasteiger partial charge on any atom is -0.395 e. The zero-order valence-electron chi connectivity index (χ0n) is 12.3. The maximum Gasteiger partial charge on any atom is 0.244 e. The molecule has 0 spiro atoms. The largest absolute Gasteiger partial charge is 0.395 e. The summed E-state index contributed by atoms with van der Waals surface area (Å²) >= 11 is 0. The third kappa shape index (κ3) is 4.16. The lowest BCUT2D eigenvalue weighted by molar-refractivity contribution is 0.301. The van der Waals surface area contributed by atoms with Crippen LogP contribution in [0, 0.1) is 0 Å². The van der Waals surface area contributed by atoms with E-state index < -0.39 is 10.0 Å². The second-order valence-corrected chi connectivity index (χ2v) is 6.86. The van der Waals surface area contributed by atoms with E-state index in [0.717, 1.165) is 23.7 Å². The summed E-state index contributed by atoms with van der Waals surface area (Å²) in [5.74, 6) is 0.685. The van der Waals surface area contributed by atoms with E-state index in [1.54, 1.807) is 12.1 Å². The highest BCUT2D eigenvalue weighted by Crippen LogP contribution is 2.17. The number of anilines is 1. The van der Waals surface area contributed by atoms with Gasteiger partial charge in [0.05, 0.1) is 6.61 Å². The van der Waals surface area contributed by atoms with Gasteiger partial charge in [-0.25, -0.2) is 17.7 Å². The second-order valence-electron chi connectivity index (χ2n) is 4.70. The van der Waals surface area contributed by atoms with E-state index in [2.05, 4.69) is 11.9 Å². The number of sulfonamides is 1. The molecule has 0 amide bonds. The molecule has 1 rings (SSSR count). The number of aliphatic hydroxyl groups is 1. The highest BCUT2D eigenvalue weighted by molar-refractivity contribution is 7.89. The normalized spacial score (nSPS) is 11.8. The maximum absolute atomic E-state index is 11.9. The van der Waals surface area contributed by atoms with Crippen LogP contribution in [-0.4, -0.2) is 56.6 Å². The summed E-state index contributed by atoms with van der Waals surface area (Å²) < 4.78 is 25.0. The first-order valence-corrected chi connectivity index (χ1v) is 8.12. The van der Waals surface area contributed by atoms with Crippen molar-refractivity contribution in [3.63, 3.8) is 0 Å². The fourth-order valence-corrected chi connectivity index (χ4v) is 2.58. The van der Waals surface area contributed by atoms with Crippen LogP contribution >= 0.6 is 0 Å². The number of unbranched alkanes of at least 4 members (excludes halogenated alkanes) is 1. The first kappa shape index (κ1) is 16.9. The fraction of sp³-hybridized carbons (Fsp3) is 0.615. The first-order chi connectivity index (χ1) is 9.43. The lowest BCUT2D eigenvalue weighted by Crippen LogP contribution is -2.29. The molecule has 1 N–H and O–H groups in total. The zero-order chi connectivity index (χ0) is 15.2. The molecule has 20 heavy (non-hydrogen) atoms. The topological polar surface area (TPSA) is 73.7 Å². The van der Waals surface area contributed by atoms with Gasteiger partial charge in [-0.3, -0.25) is 0 Å². The number of aliphatic hydroxyl groups excluding tert-OH is 1. The third-order valence-electron chi connectivity index (χ3n) is 2.97. The van der Waals surface area contributed by atoms with Crippen molar-refractivity contribution in [3.8, 4) is 0 Å². The van der Waals surface area contributed by atoms with Crippen LogP contribution in [0.1, 0.15) is 19.8 Å². The van der Waals surface area contributed by atoms with Crippen molar-refractivity contribution in [2.24, 2.45) is 0 Å². The van der Waals surface area contributed by atoms with Gasteiger partial charge in [0.1, 0.15) is 10.7 Å². The maximum atomic E-state index is 11.9. The predicted octanol–water partition coefficient (Wildman–Crippen LogP) is 0.931. The highest BCUT2D eigenvalue weighted by Gasteiger charge is 2.18. The highest BCUT2D eigenvalue weighted by atomic mass is 32.2. The van der Waals surface area contributed by atoms with E-state index in [4.69, 9.17) is 5.11 Å². The standard InChI is InChI=1S/C13H23N3O3S/c1-4-5-8-16(9-10-17)13-7-6-12(11-14-13)20(18,19)15(2)3/h6-7,11,17H,4-5,8-10H2,1-3H3. The molecule has 0 unspecified atom stereocenters. The molecule has 0 fully saturated rings. The summed E-state index contributed by atoms with van der Waals surface area (Å²) in [6.07, 6.45) is 3.41. The number of pyridine rings is 1. The Hall–Kier alpha value is -1.18. The van der Waals surface area contributed by atoms with Gasteiger partial charge in [0.2, 0.25) is 10.0 Å². The zero-order valence-corrected chi connectivity index (χ0v) is 13.1. The molecule has 0 bridgehead atoms. The molecule has 0 aliphatic heterocycles. The number of hydrogen-bond acceptors (Lipinski definition) is 5. The van der Waals surface area contributed by atoms with Gasteiger partial charge in [-0.05, 0) is 18.6 Å². The Labute approximate surface area is 121 Å². The van der Waals surface area contributed by atoms with E-state index in [9.17, 15) is 8.42 Å². The van der Waals surface area contributed by atoms with E-state index >= 15 is 0 Å². The van der Waals surface area contributed by atoms with Crippen LogP contribution in [0.25, 0.3) is 0 Å². The van der Waals surface area contributed by atoms with Crippen LogP contribution in [0.2, 0.25) is 0 Å². The van der Waals surface area contributed by atoms with Crippen LogP contribution in [0.3, 0.4) is 0 Å². The molecule has 0 aromatic carbocycles. The Bertz CT molecular complexity index is 500. The van der Waals surface area contributed by atoms with Crippen LogP contribution in [0.15, 0.2) is 23.2 Å². The summed E-state index contributed by atoms with van der Waals surface area (Å²) in [5.41, 5.74) is 0. The Morgan fingerprint density at radius 3 is 2.40 bits per heavy atom. The molecule has 114 valence electrons. The molecule has 6 nitrogen and oxygen atoms in total. The third-order valence-corrected chi connectivity index (χ3v) is 4.77. The van der Waals surface area contributed by atoms with Crippen molar-refractivity contribution in [1.29, 1.82) is 0 Å². The van der Waals surface area contributed by atoms with Gasteiger partial charge in [-0.15, -0.1) is 0 Å². The molecule has 0 saturated heterocycles.